The van der Waals surface area contributed by atoms with Gasteiger partial charge in [0.1, 0.15) is 0 Å². The number of anilines is 1. The lowest BCUT2D eigenvalue weighted by Gasteiger charge is -2.33. The first-order chi connectivity index (χ1) is 13.6. The second-order valence-corrected chi connectivity index (χ2v) is 7.42. The molecule has 3 aromatic rings. The Morgan fingerprint density at radius 1 is 1.21 bits per heavy atom. The van der Waals surface area contributed by atoms with E-state index in [0.29, 0.717) is 23.6 Å². The third-order valence-electron chi connectivity index (χ3n) is 5.56. The van der Waals surface area contributed by atoms with E-state index in [1.54, 1.807) is 13.1 Å². The van der Waals surface area contributed by atoms with Gasteiger partial charge in [0.25, 0.3) is 5.56 Å². The molecule has 1 fully saturated rings. The minimum Gasteiger partial charge on any atom is -0.342 e. The van der Waals surface area contributed by atoms with E-state index in [1.165, 1.54) is 10.1 Å². The van der Waals surface area contributed by atoms with Crippen LogP contribution in [0.2, 0.25) is 0 Å². The average Bonchev–Trinajstić information content (AvgIpc) is 3.08. The average molecular weight is 379 g/mol. The molecule has 146 valence electrons. The normalized spacial score (nSPS) is 15.2. The van der Waals surface area contributed by atoms with Gasteiger partial charge in [0, 0.05) is 26.7 Å². The molecule has 28 heavy (non-hydrogen) atoms. The van der Waals surface area contributed by atoms with Gasteiger partial charge in [-0.1, -0.05) is 36.4 Å². The number of hydrogen-bond acceptors (Lipinski definition) is 4. The van der Waals surface area contributed by atoms with Gasteiger partial charge in [-0.15, -0.1) is 6.58 Å². The fraction of sp³-hybridized carbons (Fsp3) is 0.381. The molecule has 0 radical (unpaired) electrons. The molecule has 1 aliphatic heterocycles. The van der Waals surface area contributed by atoms with Crippen molar-refractivity contribution in [1.82, 2.24) is 19.1 Å². The van der Waals surface area contributed by atoms with E-state index >= 15 is 0 Å². The summed E-state index contributed by atoms with van der Waals surface area (Å²) in [6.07, 6.45) is 4.98. The lowest BCUT2D eigenvalue weighted by atomic mass is 9.90. The van der Waals surface area contributed by atoms with E-state index in [1.807, 2.05) is 10.6 Å². The van der Waals surface area contributed by atoms with Gasteiger partial charge in [0.2, 0.25) is 5.95 Å². The van der Waals surface area contributed by atoms with Crippen molar-refractivity contribution >= 4 is 17.1 Å². The van der Waals surface area contributed by atoms with Crippen LogP contribution < -0.4 is 16.1 Å². The third kappa shape index (κ3) is 3.28. The summed E-state index contributed by atoms with van der Waals surface area (Å²) in [6.45, 7) is 6.04. The number of aromatic nitrogens is 4. The van der Waals surface area contributed by atoms with Gasteiger partial charge in [0.15, 0.2) is 11.2 Å². The smallest absolute Gasteiger partial charge is 0.329 e. The molecule has 0 unspecified atom stereocenters. The molecule has 1 aromatic carbocycles. The highest BCUT2D eigenvalue weighted by molar-refractivity contribution is 5.74. The summed E-state index contributed by atoms with van der Waals surface area (Å²) in [5.41, 5.74) is 1.35. The number of hydrogen-bond donors (Lipinski definition) is 1. The second-order valence-electron chi connectivity index (χ2n) is 7.42. The summed E-state index contributed by atoms with van der Waals surface area (Å²) in [4.78, 5) is 33.6. The summed E-state index contributed by atoms with van der Waals surface area (Å²) < 4.78 is 3.25. The van der Waals surface area contributed by atoms with Crippen LogP contribution in [-0.4, -0.2) is 32.2 Å². The van der Waals surface area contributed by atoms with E-state index in [-0.39, 0.29) is 0 Å². The summed E-state index contributed by atoms with van der Waals surface area (Å²) in [6, 6.07) is 10.6. The SMILES string of the molecule is C=CCn1c(N2CCC(Cc3ccccc3)CC2)nc2c1c(=O)[nH]c(=O)n2C. The van der Waals surface area contributed by atoms with Gasteiger partial charge in [-0.05, 0) is 30.7 Å². The van der Waals surface area contributed by atoms with Crippen LogP contribution in [0.5, 0.6) is 0 Å². The van der Waals surface area contributed by atoms with E-state index in [4.69, 9.17) is 0 Å². The number of benzene rings is 1. The minimum atomic E-state index is -0.450. The number of aryl methyl sites for hydroxylation is 1. The predicted octanol–water partition coefficient (Wildman–Crippen LogP) is 2.07. The molecule has 7 heteroatoms. The fourth-order valence-electron chi connectivity index (χ4n) is 4.05. The first-order valence-corrected chi connectivity index (χ1v) is 9.67. The maximum atomic E-state index is 12.4. The Morgan fingerprint density at radius 2 is 1.93 bits per heavy atom. The molecule has 7 nitrogen and oxygen atoms in total. The molecule has 0 atom stereocenters. The lowest BCUT2D eigenvalue weighted by Crippen LogP contribution is -2.36. The zero-order valence-corrected chi connectivity index (χ0v) is 16.1. The molecular weight excluding hydrogens is 354 g/mol. The summed E-state index contributed by atoms with van der Waals surface area (Å²) in [7, 11) is 1.63. The Balaban J connectivity index is 1.61. The number of rotatable bonds is 5. The zero-order valence-electron chi connectivity index (χ0n) is 16.1. The molecule has 3 heterocycles. The van der Waals surface area contributed by atoms with Crippen LogP contribution in [0, 0.1) is 5.92 Å². The molecule has 0 aliphatic carbocycles. The number of imidazole rings is 1. The molecular formula is C21H25N5O2. The van der Waals surface area contributed by atoms with Crippen LogP contribution in [0.4, 0.5) is 5.95 Å². The standard InChI is InChI=1S/C21H25N5O2/c1-3-11-26-17-18(24(2)21(28)23-19(17)27)22-20(26)25-12-9-16(10-13-25)14-15-7-5-4-6-8-15/h3-8,16H,1,9-14H2,2H3,(H,23,27,28). The van der Waals surface area contributed by atoms with E-state index in [0.717, 1.165) is 38.3 Å². The zero-order chi connectivity index (χ0) is 19.7. The van der Waals surface area contributed by atoms with Crippen molar-refractivity contribution in [2.75, 3.05) is 18.0 Å². The predicted molar refractivity (Wildman–Crippen MR) is 111 cm³/mol. The van der Waals surface area contributed by atoms with Gasteiger partial charge in [-0.25, -0.2) is 4.79 Å². The van der Waals surface area contributed by atoms with Crippen molar-refractivity contribution < 1.29 is 0 Å². The largest absolute Gasteiger partial charge is 0.342 e. The number of piperidine rings is 1. The van der Waals surface area contributed by atoms with E-state index in [9.17, 15) is 9.59 Å². The topological polar surface area (TPSA) is 75.9 Å². The van der Waals surface area contributed by atoms with Gasteiger partial charge < -0.3 is 9.47 Å². The molecule has 1 N–H and O–H groups in total. The highest BCUT2D eigenvalue weighted by Gasteiger charge is 2.25. The van der Waals surface area contributed by atoms with Crippen molar-refractivity contribution in [2.24, 2.45) is 13.0 Å². The van der Waals surface area contributed by atoms with E-state index in [2.05, 4.69) is 45.7 Å². The van der Waals surface area contributed by atoms with Crippen molar-refractivity contribution in [1.29, 1.82) is 0 Å². The quantitative estimate of drug-likeness (QED) is 0.689. The van der Waals surface area contributed by atoms with Crippen LogP contribution in [0.25, 0.3) is 11.2 Å². The number of nitrogens with one attached hydrogen (secondary N) is 1. The number of fused-ring (bicyclic) bond motifs is 1. The van der Waals surface area contributed by atoms with Gasteiger partial charge in [0.05, 0.1) is 0 Å². The molecule has 4 rings (SSSR count). The summed E-state index contributed by atoms with van der Waals surface area (Å²) >= 11 is 0. The lowest BCUT2D eigenvalue weighted by molar-refractivity contribution is 0.399. The van der Waals surface area contributed by atoms with E-state index < -0.39 is 11.2 Å². The molecule has 2 aromatic heterocycles. The maximum Gasteiger partial charge on any atom is 0.329 e. The second kappa shape index (κ2) is 7.50. The first-order valence-electron chi connectivity index (χ1n) is 9.67. The van der Waals surface area contributed by atoms with Crippen molar-refractivity contribution in [3.05, 3.63) is 69.4 Å². The molecule has 0 spiro atoms. The van der Waals surface area contributed by atoms with Crippen LogP contribution >= 0.6 is 0 Å². The van der Waals surface area contributed by atoms with Gasteiger partial charge >= 0.3 is 5.69 Å². The molecule has 0 saturated carbocycles. The highest BCUT2D eigenvalue weighted by Crippen LogP contribution is 2.27. The number of allylic oxidation sites excluding steroid dienone is 1. The van der Waals surface area contributed by atoms with Crippen LogP contribution in [0.3, 0.4) is 0 Å². The van der Waals surface area contributed by atoms with Crippen molar-refractivity contribution in [3.63, 3.8) is 0 Å². The van der Waals surface area contributed by atoms with Crippen LogP contribution in [0.15, 0.2) is 52.6 Å². The molecule has 1 saturated heterocycles. The minimum absolute atomic E-state index is 0.405. The van der Waals surface area contributed by atoms with Crippen molar-refractivity contribution in [3.8, 4) is 0 Å². The number of nitrogens with zero attached hydrogens (tertiary/aromatic N) is 4. The summed E-state index contributed by atoms with van der Waals surface area (Å²) in [5, 5.41) is 0. The first kappa shape index (κ1) is 18.3. The Kier molecular flexibility index (Phi) is 4.90. The Morgan fingerprint density at radius 3 is 2.61 bits per heavy atom. The van der Waals surface area contributed by atoms with Crippen LogP contribution in [-0.2, 0) is 20.0 Å². The Labute approximate surface area is 162 Å². The fourth-order valence-corrected chi connectivity index (χ4v) is 4.05. The molecule has 0 bridgehead atoms. The Hall–Kier alpha value is -3.09. The van der Waals surface area contributed by atoms with Gasteiger partial charge in [-0.2, -0.15) is 4.98 Å². The summed E-state index contributed by atoms with van der Waals surface area (Å²) in [5.74, 6) is 1.38. The van der Waals surface area contributed by atoms with Gasteiger partial charge in [-0.3, -0.25) is 14.3 Å². The third-order valence-corrected chi connectivity index (χ3v) is 5.56. The molecule has 1 aliphatic rings. The monoisotopic (exact) mass is 379 g/mol. The maximum absolute atomic E-state index is 12.4. The highest BCUT2D eigenvalue weighted by atomic mass is 16.2. The molecule has 0 amide bonds. The Bertz CT molecular complexity index is 1100. The number of H-pyrrole nitrogens is 1. The van der Waals surface area contributed by atoms with Crippen molar-refractivity contribution in [2.45, 2.75) is 25.8 Å². The number of aromatic amines is 1. The van der Waals surface area contributed by atoms with Crippen LogP contribution in [0.1, 0.15) is 18.4 Å².